The molecule has 9 heteroatoms. The van der Waals surface area contributed by atoms with E-state index < -0.39 is 12.0 Å². The first-order chi connectivity index (χ1) is 15.8. The van der Waals surface area contributed by atoms with Crippen LogP contribution in [0.1, 0.15) is 60.8 Å². The zero-order chi connectivity index (χ0) is 23.5. The van der Waals surface area contributed by atoms with E-state index in [0.29, 0.717) is 43.7 Å². The number of likely N-dealkylation sites (tertiary alicyclic amines) is 1. The number of carbonyl (C=O) groups excluding carboxylic acids is 3. The Morgan fingerprint density at radius 3 is 2.79 bits per heavy atom. The molecule has 3 amide bonds. The minimum Gasteiger partial charge on any atom is -0.432 e. The predicted molar refractivity (Wildman–Crippen MR) is 122 cm³/mol. The van der Waals surface area contributed by atoms with Gasteiger partial charge in [0.2, 0.25) is 11.6 Å². The van der Waals surface area contributed by atoms with Gasteiger partial charge < -0.3 is 24.7 Å². The number of aryl methyl sites for hydroxylation is 2. The fourth-order valence-corrected chi connectivity index (χ4v) is 4.78. The number of fused-ring (bicyclic) bond motifs is 1. The molecule has 0 saturated carbocycles. The molecule has 2 unspecified atom stereocenters. The van der Waals surface area contributed by atoms with E-state index in [2.05, 4.69) is 11.9 Å². The minimum atomic E-state index is -0.645. The molecule has 2 aliphatic heterocycles. The molecule has 0 radical (unpaired) electrons. The van der Waals surface area contributed by atoms with Crippen LogP contribution in [-0.2, 0) is 20.7 Å². The van der Waals surface area contributed by atoms with E-state index in [1.54, 1.807) is 4.90 Å². The van der Waals surface area contributed by atoms with Gasteiger partial charge in [0, 0.05) is 42.2 Å². The lowest BCUT2D eigenvalue weighted by atomic mass is 10.0. The van der Waals surface area contributed by atoms with E-state index in [1.807, 2.05) is 24.0 Å². The van der Waals surface area contributed by atoms with Crippen molar-refractivity contribution in [1.82, 2.24) is 14.8 Å². The number of morpholine rings is 1. The van der Waals surface area contributed by atoms with E-state index in [4.69, 9.17) is 14.9 Å². The van der Waals surface area contributed by atoms with E-state index >= 15 is 0 Å². The molecule has 0 aliphatic carbocycles. The van der Waals surface area contributed by atoms with Gasteiger partial charge in [0.25, 0.3) is 11.8 Å². The standard InChI is InChI=1S/C24H32N4O5/c1-15-9-10-18-17(21(22(25)30)33-23(18)26-15)7-5-8-20(29)27-12-13-32-19(14-27)24(31)28-11-4-3-6-16(28)2/h9-10,16,19H,3-8,11-14H2,1-2H3,(H2,25,30). The molecule has 2 fully saturated rings. The highest BCUT2D eigenvalue weighted by atomic mass is 16.5. The number of carbonyl (C=O) groups is 3. The Kier molecular flexibility index (Phi) is 6.97. The number of pyridine rings is 1. The number of nitrogens with two attached hydrogens (primary N) is 1. The van der Waals surface area contributed by atoms with Gasteiger partial charge in [0.1, 0.15) is 0 Å². The van der Waals surface area contributed by atoms with Crippen molar-refractivity contribution in [1.29, 1.82) is 0 Å². The smallest absolute Gasteiger partial charge is 0.284 e. The van der Waals surface area contributed by atoms with E-state index in [9.17, 15) is 14.4 Å². The molecular weight excluding hydrogens is 424 g/mol. The topological polar surface area (TPSA) is 119 Å². The lowest BCUT2D eigenvalue weighted by molar-refractivity contribution is -0.156. The molecule has 2 aliphatic rings. The molecule has 4 rings (SSSR count). The molecular formula is C24H32N4O5. The second-order valence-electron chi connectivity index (χ2n) is 9.01. The van der Waals surface area contributed by atoms with Crippen molar-refractivity contribution in [2.45, 2.75) is 64.5 Å². The number of aromatic nitrogens is 1. The van der Waals surface area contributed by atoms with E-state index in [1.165, 1.54) is 0 Å². The zero-order valence-corrected chi connectivity index (χ0v) is 19.3. The molecule has 2 N–H and O–H groups in total. The SMILES string of the molecule is Cc1ccc2c(CCCC(=O)N3CCOC(C(=O)N4CCCCC4C)C3)c(C(N)=O)oc2n1. The number of primary amides is 1. The highest BCUT2D eigenvalue weighted by Crippen LogP contribution is 2.27. The summed E-state index contributed by atoms with van der Waals surface area (Å²) in [4.78, 5) is 45.6. The van der Waals surface area contributed by atoms with E-state index in [0.717, 1.165) is 36.9 Å². The molecule has 0 aromatic carbocycles. The molecule has 0 spiro atoms. The third-order valence-electron chi connectivity index (χ3n) is 6.62. The van der Waals surface area contributed by atoms with Crippen molar-refractivity contribution in [3.05, 3.63) is 29.2 Å². The lowest BCUT2D eigenvalue weighted by Gasteiger charge is -2.39. The Morgan fingerprint density at radius 2 is 2.03 bits per heavy atom. The van der Waals surface area contributed by atoms with Gasteiger partial charge in [-0.15, -0.1) is 0 Å². The summed E-state index contributed by atoms with van der Waals surface area (Å²) in [5.41, 5.74) is 7.34. The lowest BCUT2D eigenvalue weighted by Crippen LogP contribution is -2.55. The Labute approximate surface area is 193 Å². The van der Waals surface area contributed by atoms with Crippen molar-refractivity contribution in [3.8, 4) is 0 Å². The molecule has 178 valence electrons. The number of furan rings is 1. The van der Waals surface area contributed by atoms with Gasteiger partial charge in [-0.2, -0.15) is 0 Å². The number of ether oxygens (including phenoxy) is 1. The Hall–Kier alpha value is -2.94. The first kappa shape index (κ1) is 23.2. The second-order valence-corrected chi connectivity index (χ2v) is 9.01. The van der Waals surface area contributed by atoms with Gasteiger partial charge in [-0.1, -0.05) is 0 Å². The van der Waals surface area contributed by atoms with Crippen LogP contribution in [0, 0.1) is 6.92 Å². The van der Waals surface area contributed by atoms with Gasteiger partial charge in [-0.25, -0.2) is 4.98 Å². The largest absolute Gasteiger partial charge is 0.432 e. The number of amides is 3. The predicted octanol–water partition coefficient (Wildman–Crippen LogP) is 2.19. The molecule has 2 aromatic rings. The maximum atomic E-state index is 13.0. The average molecular weight is 457 g/mol. The van der Waals surface area contributed by atoms with Crippen molar-refractivity contribution in [2.24, 2.45) is 5.73 Å². The third-order valence-corrected chi connectivity index (χ3v) is 6.62. The number of nitrogens with zero attached hydrogens (tertiary/aromatic N) is 3. The first-order valence-corrected chi connectivity index (χ1v) is 11.7. The van der Waals surface area contributed by atoms with Crippen molar-refractivity contribution < 1.29 is 23.5 Å². The first-order valence-electron chi connectivity index (χ1n) is 11.7. The highest BCUT2D eigenvalue weighted by Gasteiger charge is 2.34. The minimum absolute atomic E-state index is 0.0153. The Morgan fingerprint density at radius 1 is 1.21 bits per heavy atom. The molecule has 9 nitrogen and oxygen atoms in total. The van der Waals surface area contributed by atoms with Crippen LogP contribution < -0.4 is 5.73 Å². The summed E-state index contributed by atoms with van der Waals surface area (Å²) < 4.78 is 11.3. The van der Waals surface area contributed by atoms with Gasteiger partial charge in [-0.3, -0.25) is 14.4 Å². The van der Waals surface area contributed by atoms with Crippen LogP contribution in [0.15, 0.2) is 16.5 Å². The summed E-state index contributed by atoms with van der Waals surface area (Å²) in [6.07, 6.45) is 3.85. The average Bonchev–Trinajstić information content (AvgIpc) is 3.17. The molecule has 0 bridgehead atoms. The molecule has 2 saturated heterocycles. The molecule has 4 heterocycles. The zero-order valence-electron chi connectivity index (χ0n) is 19.3. The van der Waals surface area contributed by atoms with Crippen LogP contribution in [0.25, 0.3) is 11.1 Å². The summed E-state index contributed by atoms with van der Waals surface area (Å²) in [5.74, 6) is -0.583. The Balaban J connectivity index is 1.36. The Bertz CT molecular complexity index is 1050. The summed E-state index contributed by atoms with van der Waals surface area (Å²) in [6.45, 7) is 5.78. The normalized spacial score (nSPS) is 21.4. The van der Waals surface area contributed by atoms with Gasteiger partial charge in [0.15, 0.2) is 11.9 Å². The number of hydrogen-bond donors (Lipinski definition) is 1. The number of piperidine rings is 1. The van der Waals surface area contributed by atoms with Crippen LogP contribution in [0.5, 0.6) is 0 Å². The van der Waals surface area contributed by atoms with Crippen molar-refractivity contribution in [3.63, 3.8) is 0 Å². The number of rotatable bonds is 6. The molecule has 2 atom stereocenters. The summed E-state index contributed by atoms with van der Waals surface area (Å²) in [7, 11) is 0. The van der Waals surface area contributed by atoms with Crippen LogP contribution >= 0.6 is 0 Å². The maximum Gasteiger partial charge on any atom is 0.284 e. The van der Waals surface area contributed by atoms with E-state index in [-0.39, 0.29) is 30.2 Å². The van der Waals surface area contributed by atoms with Crippen molar-refractivity contribution in [2.75, 3.05) is 26.2 Å². The third kappa shape index (κ3) is 5.03. The van der Waals surface area contributed by atoms with Crippen LogP contribution in [0.4, 0.5) is 0 Å². The monoisotopic (exact) mass is 456 g/mol. The summed E-state index contributed by atoms with van der Waals surface area (Å²) in [5, 5.41) is 0.745. The van der Waals surface area contributed by atoms with Crippen LogP contribution in [-0.4, -0.2) is 70.9 Å². The van der Waals surface area contributed by atoms with Gasteiger partial charge >= 0.3 is 0 Å². The van der Waals surface area contributed by atoms with Crippen molar-refractivity contribution >= 4 is 28.8 Å². The molecule has 2 aromatic heterocycles. The second kappa shape index (κ2) is 9.91. The van der Waals surface area contributed by atoms with Crippen LogP contribution in [0.2, 0.25) is 0 Å². The maximum absolute atomic E-state index is 13.0. The molecule has 33 heavy (non-hydrogen) atoms. The fourth-order valence-electron chi connectivity index (χ4n) is 4.78. The summed E-state index contributed by atoms with van der Waals surface area (Å²) in [6, 6.07) is 3.93. The van der Waals surface area contributed by atoms with Crippen LogP contribution in [0.3, 0.4) is 0 Å². The fraction of sp³-hybridized carbons (Fsp3) is 0.583. The highest BCUT2D eigenvalue weighted by molar-refractivity contribution is 5.97. The quantitative estimate of drug-likeness (QED) is 0.712. The summed E-state index contributed by atoms with van der Waals surface area (Å²) >= 11 is 0. The van der Waals surface area contributed by atoms with Gasteiger partial charge in [0.05, 0.1) is 13.2 Å². The van der Waals surface area contributed by atoms with Gasteiger partial charge in [-0.05, 0) is 58.1 Å². The number of hydrogen-bond acceptors (Lipinski definition) is 6.